The number of thioether (sulfide) groups is 1. The van der Waals surface area contributed by atoms with Crippen LogP contribution in [-0.4, -0.2) is 6.61 Å². The first-order valence-electron chi connectivity index (χ1n) is 5.47. The number of benzene rings is 1. The average Bonchev–Trinajstić information content (AvgIpc) is 2.83. The zero-order chi connectivity index (χ0) is 12.1. The van der Waals surface area contributed by atoms with Gasteiger partial charge in [-0.3, -0.25) is 0 Å². The van der Waals surface area contributed by atoms with Crippen molar-refractivity contribution in [2.45, 2.75) is 17.6 Å². The number of ether oxygens (including phenoxy) is 1. The molecule has 17 heavy (non-hydrogen) atoms. The van der Waals surface area contributed by atoms with Gasteiger partial charge in [0.2, 0.25) is 0 Å². The third kappa shape index (κ3) is 3.20. The molecule has 0 saturated heterocycles. The number of anilines is 1. The molecular weight excluding hydrogens is 234 g/mol. The summed E-state index contributed by atoms with van der Waals surface area (Å²) in [5, 5.41) is 0. The van der Waals surface area contributed by atoms with E-state index in [1.54, 1.807) is 18.0 Å². The van der Waals surface area contributed by atoms with Gasteiger partial charge in [-0.1, -0.05) is 0 Å². The zero-order valence-corrected chi connectivity index (χ0v) is 10.5. The molecule has 2 N–H and O–H groups in total. The number of hydrogen-bond donors (Lipinski definition) is 1. The van der Waals surface area contributed by atoms with Gasteiger partial charge in [0, 0.05) is 10.6 Å². The lowest BCUT2D eigenvalue weighted by Crippen LogP contribution is -1.94. The normalized spacial score (nSPS) is 10.4. The van der Waals surface area contributed by atoms with E-state index >= 15 is 0 Å². The van der Waals surface area contributed by atoms with E-state index in [2.05, 4.69) is 0 Å². The fraction of sp³-hybridized carbons (Fsp3) is 0.231. The molecule has 0 saturated carbocycles. The first kappa shape index (κ1) is 11.9. The van der Waals surface area contributed by atoms with Gasteiger partial charge in [-0.2, -0.15) is 0 Å². The molecule has 0 fully saturated rings. The van der Waals surface area contributed by atoms with E-state index in [1.807, 2.05) is 37.3 Å². The van der Waals surface area contributed by atoms with Crippen molar-refractivity contribution in [1.82, 2.24) is 0 Å². The number of nitrogen functional groups attached to an aromatic ring is 1. The summed E-state index contributed by atoms with van der Waals surface area (Å²) in [6.07, 6.45) is 1.68. The molecular formula is C13H15NO2S. The summed E-state index contributed by atoms with van der Waals surface area (Å²) in [4.78, 5) is 1.02. The maximum absolute atomic E-state index is 5.92. The summed E-state index contributed by atoms with van der Waals surface area (Å²) < 4.78 is 10.7. The molecule has 1 heterocycles. The van der Waals surface area contributed by atoms with Gasteiger partial charge in [0.05, 0.1) is 18.6 Å². The molecule has 0 aliphatic rings. The van der Waals surface area contributed by atoms with Crippen molar-refractivity contribution in [3.05, 3.63) is 42.4 Å². The first-order valence-corrected chi connectivity index (χ1v) is 6.45. The second-order valence-electron chi connectivity index (χ2n) is 3.50. The van der Waals surface area contributed by atoms with Crippen LogP contribution in [0.5, 0.6) is 5.75 Å². The van der Waals surface area contributed by atoms with Crippen LogP contribution in [0.15, 0.2) is 45.9 Å². The maximum Gasteiger partial charge on any atom is 0.120 e. The second kappa shape index (κ2) is 5.68. The lowest BCUT2D eigenvalue weighted by atomic mass is 10.3. The number of nitrogens with two attached hydrogens (primary N) is 1. The Morgan fingerprint density at radius 3 is 2.94 bits per heavy atom. The van der Waals surface area contributed by atoms with Gasteiger partial charge in [0.15, 0.2) is 0 Å². The Morgan fingerprint density at radius 2 is 2.24 bits per heavy atom. The van der Waals surface area contributed by atoms with Crippen LogP contribution < -0.4 is 10.5 Å². The second-order valence-corrected chi connectivity index (χ2v) is 4.52. The molecule has 0 bridgehead atoms. The van der Waals surface area contributed by atoms with Gasteiger partial charge >= 0.3 is 0 Å². The quantitative estimate of drug-likeness (QED) is 0.650. The standard InChI is InChI=1S/C13H15NO2S/c1-2-15-10-5-6-12(14)13(8-10)17-9-11-4-3-7-16-11/h3-8H,2,9,14H2,1H3. The first-order chi connectivity index (χ1) is 8.29. The molecule has 1 aromatic heterocycles. The fourth-order valence-electron chi connectivity index (χ4n) is 1.44. The summed E-state index contributed by atoms with van der Waals surface area (Å²) in [5.41, 5.74) is 6.69. The molecule has 3 nitrogen and oxygen atoms in total. The molecule has 2 aromatic rings. The third-order valence-electron chi connectivity index (χ3n) is 2.25. The van der Waals surface area contributed by atoms with Crippen molar-refractivity contribution < 1.29 is 9.15 Å². The lowest BCUT2D eigenvalue weighted by Gasteiger charge is -2.08. The molecule has 4 heteroatoms. The van der Waals surface area contributed by atoms with Crippen LogP contribution in [0.1, 0.15) is 12.7 Å². The molecule has 0 aliphatic carbocycles. The van der Waals surface area contributed by atoms with Crippen molar-refractivity contribution in [2.24, 2.45) is 0 Å². The zero-order valence-electron chi connectivity index (χ0n) is 9.68. The highest BCUT2D eigenvalue weighted by atomic mass is 32.2. The molecule has 0 atom stereocenters. The van der Waals surface area contributed by atoms with Gasteiger partial charge in [-0.05, 0) is 37.3 Å². The van der Waals surface area contributed by atoms with Crippen molar-refractivity contribution in [3.63, 3.8) is 0 Å². The van der Waals surface area contributed by atoms with Gasteiger partial charge in [0.25, 0.3) is 0 Å². The van der Waals surface area contributed by atoms with Gasteiger partial charge in [0.1, 0.15) is 11.5 Å². The molecule has 0 unspecified atom stereocenters. The van der Waals surface area contributed by atoms with Crippen LogP contribution in [0.2, 0.25) is 0 Å². The highest BCUT2D eigenvalue weighted by Crippen LogP contribution is 2.31. The Balaban J connectivity index is 2.06. The molecule has 0 spiro atoms. The molecule has 0 aliphatic heterocycles. The Kier molecular flexibility index (Phi) is 3.98. The summed E-state index contributed by atoms with van der Waals surface area (Å²) in [7, 11) is 0. The Hall–Kier alpha value is -1.55. The molecule has 2 rings (SSSR count). The number of furan rings is 1. The van der Waals surface area contributed by atoms with Crippen molar-refractivity contribution >= 4 is 17.4 Å². The van der Waals surface area contributed by atoms with E-state index in [4.69, 9.17) is 14.9 Å². The third-order valence-corrected chi connectivity index (χ3v) is 3.34. The number of rotatable bonds is 5. The van der Waals surface area contributed by atoms with E-state index in [0.29, 0.717) is 6.61 Å². The maximum atomic E-state index is 5.92. The van der Waals surface area contributed by atoms with Crippen molar-refractivity contribution in [1.29, 1.82) is 0 Å². The summed E-state index contributed by atoms with van der Waals surface area (Å²) >= 11 is 1.65. The molecule has 90 valence electrons. The van der Waals surface area contributed by atoms with Crippen molar-refractivity contribution in [3.8, 4) is 5.75 Å². The Bertz CT molecular complexity index is 468. The predicted octanol–water partition coefficient (Wildman–Crippen LogP) is 3.55. The van der Waals surface area contributed by atoms with Gasteiger partial charge in [-0.25, -0.2) is 0 Å². The van der Waals surface area contributed by atoms with Gasteiger partial charge in [-0.15, -0.1) is 11.8 Å². The van der Waals surface area contributed by atoms with E-state index in [1.165, 1.54) is 0 Å². The summed E-state index contributed by atoms with van der Waals surface area (Å²) in [6.45, 7) is 2.62. The van der Waals surface area contributed by atoms with E-state index in [0.717, 1.165) is 27.8 Å². The van der Waals surface area contributed by atoms with Gasteiger partial charge < -0.3 is 14.9 Å². The minimum absolute atomic E-state index is 0.659. The predicted molar refractivity (Wildman–Crippen MR) is 70.3 cm³/mol. The van der Waals surface area contributed by atoms with Crippen LogP contribution in [0, 0.1) is 0 Å². The highest BCUT2D eigenvalue weighted by Gasteiger charge is 2.04. The van der Waals surface area contributed by atoms with Crippen LogP contribution in [-0.2, 0) is 5.75 Å². The monoisotopic (exact) mass is 249 g/mol. The smallest absolute Gasteiger partial charge is 0.120 e. The van der Waals surface area contributed by atoms with E-state index in [9.17, 15) is 0 Å². The summed E-state index contributed by atoms with van der Waals surface area (Å²) in [5.74, 6) is 2.56. The molecule has 0 radical (unpaired) electrons. The SMILES string of the molecule is CCOc1ccc(N)c(SCc2ccco2)c1. The van der Waals surface area contributed by atoms with Crippen LogP contribution >= 0.6 is 11.8 Å². The molecule has 0 amide bonds. The minimum atomic E-state index is 0.659. The largest absolute Gasteiger partial charge is 0.494 e. The topological polar surface area (TPSA) is 48.4 Å². The van der Waals surface area contributed by atoms with Crippen LogP contribution in [0.4, 0.5) is 5.69 Å². The average molecular weight is 249 g/mol. The highest BCUT2D eigenvalue weighted by molar-refractivity contribution is 7.98. The molecule has 1 aromatic carbocycles. The lowest BCUT2D eigenvalue weighted by molar-refractivity contribution is 0.339. The van der Waals surface area contributed by atoms with E-state index in [-0.39, 0.29) is 0 Å². The fourth-order valence-corrected chi connectivity index (χ4v) is 2.34. The van der Waals surface area contributed by atoms with Crippen LogP contribution in [0.25, 0.3) is 0 Å². The minimum Gasteiger partial charge on any atom is -0.494 e. The van der Waals surface area contributed by atoms with E-state index < -0.39 is 0 Å². The Labute approximate surface area is 105 Å². The number of hydrogen-bond acceptors (Lipinski definition) is 4. The summed E-state index contributed by atoms with van der Waals surface area (Å²) in [6, 6.07) is 9.56. The Morgan fingerprint density at radius 1 is 1.35 bits per heavy atom. The van der Waals surface area contributed by atoms with Crippen molar-refractivity contribution in [2.75, 3.05) is 12.3 Å². The van der Waals surface area contributed by atoms with Crippen LogP contribution in [0.3, 0.4) is 0 Å².